The minimum Gasteiger partial charge on any atom is -0.407 e. The topological polar surface area (TPSA) is 51.0 Å². The molecule has 0 fully saturated rings. The average molecular weight is 228 g/mol. The van der Waals surface area contributed by atoms with E-state index in [0.29, 0.717) is 0 Å². The summed E-state index contributed by atoms with van der Waals surface area (Å²) in [5.41, 5.74) is 0.280. The van der Waals surface area contributed by atoms with Gasteiger partial charge in [0.15, 0.2) is 0 Å². The Kier molecular flexibility index (Phi) is 2.82. The van der Waals surface area contributed by atoms with Crippen molar-refractivity contribution in [3.05, 3.63) is 36.0 Å². The molecule has 0 aliphatic carbocycles. The zero-order valence-electron chi connectivity index (χ0n) is 7.58. The molecule has 1 aromatic heterocycles. The van der Waals surface area contributed by atoms with Gasteiger partial charge < -0.3 is 9.73 Å². The van der Waals surface area contributed by atoms with E-state index in [-0.39, 0.29) is 29.3 Å². The predicted molar refractivity (Wildman–Crippen MR) is 53.5 cm³/mol. The summed E-state index contributed by atoms with van der Waals surface area (Å²) in [5.74, 6) is 0.0324. The second-order valence-electron chi connectivity index (χ2n) is 2.74. The lowest BCUT2D eigenvalue weighted by Gasteiger charge is -2.00. The van der Waals surface area contributed by atoms with Crippen molar-refractivity contribution < 1.29 is 8.81 Å². The Morgan fingerprint density at radius 2 is 2.13 bits per heavy atom. The number of halogens is 2. The second kappa shape index (κ2) is 4.27. The fourth-order valence-electron chi connectivity index (χ4n) is 1.04. The number of para-hydroxylation sites is 1. The predicted octanol–water partition coefficient (Wildman–Crippen LogP) is 2.69. The van der Waals surface area contributed by atoms with E-state index in [1.807, 2.05) is 0 Å². The van der Waals surface area contributed by atoms with Gasteiger partial charge in [0.2, 0.25) is 5.89 Å². The summed E-state index contributed by atoms with van der Waals surface area (Å²) in [5, 5.41) is 9.92. The molecule has 0 saturated heterocycles. The third-order valence-electron chi connectivity index (χ3n) is 1.70. The first-order valence-electron chi connectivity index (χ1n) is 4.19. The molecule has 0 saturated carbocycles. The molecule has 4 nitrogen and oxygen atoms in total. The van der Waals surface area contributed by atoms with Gasteiger partial charge in [0, 0.05) is 0 Å². The van der Waals surface area contributed by atoms with Crippen molar-refractivity contribution in [3.63, 3.8) is 0 Å². The van der Waals surface area contributed by atoms with Gasteiger partial charge in [0.1, 0.15) is 11.7 Å². The van der Waals surface area contributed by atoms with Crippen LogP contribution in [0.2, 0.25) is 0 Å². The Bertz CT molecular complexity index is 460. The maximum Gasteiger partial charge on any atom is 0.320 e. The number of anilines is 2. The molecular weight excluding hydrogens is 221 g/mol. The molecule has 0 radical (unpaired) electrons. The van der Waals surface area contributed by atoms with Gasteiger partial charge in [0.25, 0.3) is 0 Å². The molecule has 0 amide bonds. The number of alkyl halides is 1. The van der Waals surface area contributed by atoms with Gasteiger partial charge >= 0.3 is 6.01 Å². The number of aromatic nitrogens is 2. The number of hydrogen-bond donors (Lipinski definition) is 1. The van der Waals surface area contributed by atoms with Crippen LogP contribution in [0.1, 0.15) is 5.89 Å². The first kappa shape index (κ1) is 9.92. The van der Waals surface area contributed by atoms with Crippen molar-refractivity contribution >= 4 is 23.3 Å². The Balaban J connectivity index is 2.18. The van der Waals surface area contributed by atoms with E-state index in [1.165, 1.54) is 6.07 Å². The largest absolute Gasteiger partial charge is 0.407 e. The summed E-state index contributed by atoms with van der Waals surface area (Å²) in [4.78, 5) is 0. The Labute approximate surface area is 90.1 Å². The first-order valence-corrected chi connectivity index (χ1v) is 4.73. The molecule has 0 bridgehead atoms. The highest BCUT2D eigenvalue weighted by Crippen LogP contribution is 2.18. The van der Waals surface area contributed by atoms with Crippen molar-refractivity contribution in [1.29, 1.82) is 0 Å². The van der Waals surface area contributed by atoms with Crippen molar-refractivity contribution in [3.8, 4) is 0 Å². The monoisotopic (exact) mass is 227 g/mol. The molecule has 2 rings (SSSR count). The summed E-state index contributed by atoms with van der Waals surface area (Å²) in [6.07, 6.45) is 0. The quantitative estimate of drug-likeness (QED) is 0.819. The third-order valence-corrected chi connectivity index (χ3v) is 1.93. The fraction of sp³-hybridized carbons (Fsp3) is 0.111. The van der Waals surface area contributed by atoms with Crippen LogP contribution in [0.5, 0.6) is 0 Å². The summed E-state index contributed by atoms with van der Waals surface area (Å²) >= 11 is 5.48. The molecule has 1 heterocycles. The van der Waals surface area contributed by atoms with Gasteiger partial charge in [-0.15, -0.1) is 16.7 Å². The van der Waals surface area contributed by atoms with Crippen LogP contribution in [0.25, 0.3) is 0 Å². The van der Waals surface area contributed by atoms with Gasteiger partial charge in [0.05, 0.1) is 5.69 Å². The summed E-state index contributed by atoms with van der Waals surface area (Å²) < 4.78 is 18.2. The summed E-state index contributed by atoms with van der Waals surface area (Å²) in [6.45, 7) is 0. The Morgan fingerprint density at radius 3 is 2.80 bits per heavy atom. The van der Waals surface area contributed by atoms with E-state index in [1.54, 1.807) is 18.2 Å². The van der Waals surface area contributed by atoms with Crippen LogP contribution >= 0.6 is 11.6 Å². The molecule has 2 aromatic rings. The van der Waals surface area contributed by atoms with E-state index in [2.05, 4.69) is 15.5 Å². The number of nitrogens with one attached hydrogen (secondary N) is 1. The molecule has 0 aliphatic heterocycles. The molecular formula is C9H7ClFN3O. The van der Waals surface area contributed by atoms with Crippen LogP contribution in [0.4, 0.5) is 16.1 Å². The van der Waals surface area contributed by atoms with Crippen LogP contribution in [-0.4, -0.2) is 10.2 Å². The van der Waals surface area contributed by atoms with Crippen molar-refractivity contribution in [2.24, 2.45) is 0 Å². The van der Waals surface area contributed by atoms with E-state index < -0.39 is 0 Å². The highest BCUT2D eigenvalue weighted by atomic mass is 35.5. The smallest absolute Gasteiger partial charge is 0.320 e. The number of benzene rings is 1. The maximum atomic E-state index is 13.2. The van der Waals surface area contributed by atoms with Crippen molar-refractivity contribution in [2.45, 2.75) is 5.88 Å². The highest BCUT2D eigenvalue weighted by Gasteiger charge is 2.07. The molecule has 0 spiro atoms. The Hall–Kier alpha value is -1.62. The van der Waals surface area contributed by atoms with Gasteiger partial charge in [-0.2, -0.15) is 0 Å². The molecule has 1 aromatic carbocycles. The van der Waals surface area contributed by atoms with Crippen LogP contribution in [0, 0.1) is 5.82 Å². The van der Waals surface area contributed by atoms with E-state index >= 15 is 0 Å². The third kappa shape index (κ3) is 2.24. The van der Waals surface area contributed by atoms with Crippen LogP contribution in [0.3, 0.4) is 0 Å². The van der Waals surface area contributed by atoms with E-state index in [0.717, 1.165) is 0 Å². The molecule has 78 valence electrons. The minimum atomic E-state index is -0.386. The molecule has 0 unspecified atom stereocenters. The molecule has 6 heteroatoms. The number of rotatable bonds is 3. The highest BCUT2D eigenvalue weighted by molar-refractivity contribution is 6.16. The summed E-state index contributed by atoms with van der Waals surface area (Å²) in [7, 11) is 0. The molecule has 0 atom stereocenters. The first-order chi connectivity index (χ1) is 7.29. The fourth-order valence-corrected chi connectivity index (χ4v) is 1.14. The van der Waals surface area contributed by atoms with Crippen LogP contribution < -0.4 is 5.32 Å². The van der Waals surface area contributed by atoms with E-state index in [9.17, 15) is 4.39 Å². The lowest BCUT2D eigenvalue weighted by atomic mass is 10.3. The normalized spacial score (nSPS) is 10.3. The van der Waals surface area contributed by atoms with Gasteiger partial charge in [-0.1, -0.05) is 17.2 Å². The zero-order chi connectivity index (χ0) is 10.7. The average Bonchev–Trinajstić information content (AvgIpc) is 2.69. The molecule has 0 aliphatic rings. The maximum absolute atomic E-state index is 13.2. The number of hydrogen-bond acceptors (Lipinski definition) is 4. The van der Waals surface area contributed by atoms with Crippen molar-refractivity contribution in [1.82, 2.24) is 10.2 Å². The number of nitrogens with zero attached hydrogens (tertiary/aromatic N) is 2. The van der Waals surface area contributed by atoms with E-state index in [4.69, 9.17) is 16.0 Å². The SMILES string of the molecule is Fc1ccccc1Nc1nnc(CCl)o1. The van der Waals surface area contributed by atoms with Crippen LogP contribution in [-0.2, 0) is 5.88 Å². The van der Waals surface area contributed by atoms with Gasteiger partial charge in [-0.25, -0.2) is 4.39 Å². The zero-order valence-corrected chi connectivity index (χ0v) is 8.33. The van der Waals surface area contributed by atoms with Crippen molar-refractivity contribution in [2.75, 3.05) is 5.32 Å². The lowest BCUT2D eigenvalue weighted by Crippen LogP contribution is -1.93. The Morgan fingerprint density at radius 1 is 1.33 bits per heavy atom. The minimum absolute atomic E-state index is 0.121. The molecule has 1 N–H and O–H groups in total. The standard InChI is InChI=1S/C9H7ClFN3O/c10-5-8-13-14-9(15-8)12-7-4-2-1-3-6(7)11/h1-4H,5H2,(H,12,14). The van der Waals surface area contributed by atoms with Gasteiger partial charge in [-0.3, -0.25) is 0 Å². The van der Waals surface area contributed by atoms with Crippen LogP contribution in [0.15, 0.2) is 28.7 Å². The van der Waals surface area contributed by atoms with Gasteiger partial charge in [-0.05, 0) is 12.1 Å². The lowest BCUT2D eigenvalue weighted by molar-refractivity contribution is 0.529. The summed E-state index contributed by atoms with van der Waals surface area (Å²) in [6, 6.07) is 6.32. The second-order valence-corrected chi connectivity index (χ2v) is 3.01. The molecule has 15 heavy (non-hydrogen) atoms.